The third kappa shape index (κ3) is 4.07. The lowest BCUT2D eigenvalue weighted by atomic mass is 10.1. The van der Waals surface area contributed by atoms with Crippen molar-refractivity contribution in [3.63, 3.8) is 0 Å². The van der Waals surface area contributed by atoms with Crippen LogP contribution in [-0.4, -0.2) is 37.7 Å². The van der Waals surface area contributed by atoms with Crippen molar-refractivity contribution in [2.75, 3.05) is 32.8 Å². The molecule has 0 aromatic rings. The van der Waals surface area contributed by atoms with Crippen molar-refractivity contribution in [3.8, 4) is 0 Å². The predicted molar refractivity (Wildman–Crippen MR) is 51.4 cm³/mol. The summed E-state index contributed by atoms with van der Waals surface area (Å²) in [4.78, 5) is 2.56. The highest BCUT2D eigenvalue weighted by molar-refractivity contribution is 4.63. The molecular weight excluding hydrogens is 150 g/mol. The Morgan fingerprint density at radius 3 is 2.58 bits per heavy atom. The molecule has 2 nitrogen and oxygen atoms in total. The van der Waals surface area contributed by atoms with Gasteiger partial charge in [-0.2, -0.15) is 0 Å². The SMILES string of the molecule is CCOCCCN1CCCCC1. The Morgan fingerprint density at radius 1 is 1.17 bits per heavy atom. The van der Waals surface area contributed by atoms with Crippen molar-refractivity contribution in [2.45, 2.75) is 32.6 Å². The van der Waals surface area contributed by atoms with Gasteiger partial charge in [0.25, 0.3) is 0 Å². The molecule has 0 spiro atoms. The molecule has 0 amide bonds. The zero-order chi connectivity index (χ0) is 8.65. The van der Waals surface area contributed by atoms with E-state index in [2.05, 4.69) is 11.8 Å². The lowest BCUT2D eigenvalue weighted by molar-refractivity contribution is 0.127. The summed E-state index contributed by atoms with van der Waals surface area (Å²) in [6.45, 7) is 7.71. The quantitative estimate of drug-likeness (QED) is 0.586. The Balaban J connectivity index is 1.91. The highest BCUT2D eigenvalue weighted by atomic mass is 16.5. The van der Waals surface area contributed by atoms with Gasteiger partial charge < -0.3 is 9.64 Å². The molecule has 0 bridgehead atoms. The second-order valence-corrected chi connectivity index (χ2v) is 3.45. The summed E-state index contributed by atoms with van der Waals surface area (Å²) in [5.41, 5.74) is 0. The number of rotatable bonds is 5. The predicted octanol–water partition coefficient (Wildman–Crippen LogP) is 1.90. The van der Waals surface area contributed by atoms with Gasteiger partial charge in [0.2, 0.25) is 0 Å². The van der Waals surface area contributed by atoms with Crippen molar-refractivity contribution in [1.29, 1.82) is 0 Å². The second kappa shape index (κ2) is 6.44. The lowest BCUT2D eigenvalue weighted by Crippen LogP contribution is -2.31. The molecule has 0 unspecified atom stereocenters. The minimum atomic E-state index is 0.861. The molecule has 0 aliphatic carbocycles. The fourth-order valence-electron chi connectivity index (χ4n) is 1.72. The van der Waals surface area contributed by atoms with Crippen molar-refractivity contribution < 1.29 is 4.74 Å². The van der Waals surface area contributed by atoms with Gasteiger partial charge in [-0.1, -0.05) is 6.42 Å². The van der Waals surface area contributed by atoms with Gasteiger partial charge in [-0.3, -0.25) is 0 Å². The Kier molecular flexibility index (Phi) is 5.37. The van der Waals surface area contributed by atoms with Crippen LogP contribution in [0, 0.1) is 0 Å². The van der Waals surface area contributed by atoms with Crippen molar-refractivity contribution in [2.24, 2.45) is 0 Å². The smallest absolute Gasteiger partial charge is 0.0478 e. The zero-order valence-electron chi connectivity index (χ0n) is 8.22. The number of likely N-dealkylation sites (tertiary alicyclic amines) is 1. The fraction of sp³-hybridized carbons (Fsp3) is 1.00. The topological polar surface area (TPSA) is 12.5 Å². The summed E-state index contributed by atoms with van der Waals surface area (Å²) >= 11 is 0. The molecule has 1 fully saturated rings. The molecule has 1 rings (SSSR count). The minimum absolute atomic E-state index is 0.861. The fourth-order valence-corrected chi connectivity index (χ4v) is 1.72. The zero-order valence-corrected chi connectivity index (χ0v) is 8.22. The summed E-state index contributed by atoms with van der Waals surface area (Å²) < 4.78 is 5.30. The first-order valence-corrected chi connectivity index (χ1v) is 5.23. The summed E-state index contributed by atoms with van der Waals surface area (Å²) in [5, 5.41) is 0. The third-order valence-electron chi connectivity index (χ3n) is 2.42. The van der Waals surface area contributed by atoms with E-state index in [-0.39, 0.29) is 0 Å². The number of nitrogens with zero attached hydrogens (tertiary/aromatic N) is 1. The van der Waals surface area contributed by atoms with E-state index in [9.17, 15) is 0 Å². The van der Waals surface area contributed by atoms with Crippen LogP contribution in [0.15, 0.2) is 0 Å². The minimum Gasteiger partial charge on any atom is -0.382 e. The molecule has 0 aromatic carbocycles. The molecular formula is C10H21NO. The van der Waals surface area contributed by atoms with Crippen LogP contribution in [0.25, 0.3) is 0 Å². The van der Waals surface area contributed by atoms with Crippen LogP contribution in [0.5, 0.6) is 0 Å². The lowest BCUT2D eigenvalue weighted by Gasteiger charge is -2.26. The van der Waals surface area contributed by atoms with Crippen LogP contribution in [-0.2, 0) is 4.74 Å². The van der Waals surface area contributed by atoms with E-state index in [0.29, 0.717) is 0 Å². The van der Waals surface area contributed by atoms with E-state index in [0.717, 1.165) is 13.2 Å². The maximum Gasteiger partial charge on any atom is 0.0478 e. The molecule has 0 saturated carbocycles. The molecule has 1 heterocycles. The molecule has 72 valence electrons. The molecule has 12 heavy (non-hydrogen) atoms. The molecule has 1 aliphatic heterocycles. The normalized spacial score (nSPS) is 19.8. The van der Waals surface area contributed by atoms with Crippen molar-refractivity contribution >= 4 is 0 Å². The first-order chi connectivity index (χ1) is 5.93. The van der Waals surface area contributed by atoms with Gasteiger partial charge in [0, 0.05) is 19.8 Å². The van der Waals surface area contributed by atoms with Crippen LogP contribution < -0.4 is 0 Å². The average molecular weight is 171 g/mol. The highest BCUT2D eigenvalue weighted by Gasteiger charge is 2.08. The highest BCUT2D eigenvalue weighted by Crippen LogP contribution is 2.08. The van der Waals surface area contributed by atoms with Gasteiger partial charge in [0.05, 0.1) is 0 Å². The van der Waals surface area contributed by atoms with E-state index >= 15 is 0 Å². The second-order valence-electron chi connectivity index (χ2n) is 3.45. The van der Waals surface area contributed by atoms with Crippen LogP contribution in [0.2, 0.25) is 0 Å². The Morgan fingerprint density at radius 2 is 1.92 bits per heavy atom. The van der Waals surface area contributed by atoms with E-state index < -0.39 is 0 Å². The molecule has 1 saturated heterocycles. The van der Waals surface area contributed by atoms with Crippen LogP contribution in [0.4, 0.5) is 0 Å². The number of hydrogen-bond donors (Lipinski definition) is 0. The molecule has 0 atom stereocenters. The standard InChI is InChI=1S/C10H21NO/c1-2-12-10-6-9-11-7-4-3-5-8-11/h2-10H2,1H3. The molecule has 0 aromatic heterocycles. The van der Waals surface area contributed by atoms with Gasteiger partial charge >= 0.3 is 0 Å². The third-order valence-corrected chi connectivity index (χ3v) is 2.42. The van der Waals surface area contributed by atoms with Crippen LogP contribution in [0.3, 0.4) is 0 Å². The number of ether oxygens (including phenoxy) is 1. The number of hydrogen-bond acceptors (Lipinski definition) is 2. The molecule has 0 radical (unpaired) electrons. The Labute approximate surface area is 75.9 Å². The number of piperidine rings is 1. The van der Waals surface area contributed by atoms with Gasteiger partial charge in [-0.05, 0) is 39.3 Å². The summed E-state index contributed by atoms with van der Waals surface area (Å²) in [7, 11) is 0. The van der Waals surface area contributed by atoms with Crippen LogP contribution >= 0.6 is 0 Å². The molecule has 0 N–H and O–H groups in total. The van der Waals surface area contributed by atoms with Gasteiger partial charge in [-0.25, -0.2) is 0 Å². The first-order valence-electron chi connectivity index (χ1n) is 5.23. The van der Waals surface area contributed by atoms with Crippen molar-refractivity contribution in [1.82, 2.24) is 4.90 Å². The molecule has 2 heteroatoms. The maximum absolute atomic E-state index is 5.30. The Hall–Kier alpha value is -0.0800. The molecule has 1 aliphatic rings. The van der Waals surface area contributed by atoms with Gasteiger partial charge in [0.15, 0.2) is 0 Å². The van der Waals surface area contributed by atoms with E-state index in [4.69, 9.17) is 4.74 Å². The summed E-state index contributed by atoms with van der Waals surface area (Å²) in [6.07, 6.45) is 5.43. The summed E-state index contributed by atoms with van der Waals surface area (Å²) in [5.74, 6) is 0. The van der Waals surface area contributed by atoms with E-state index in [1.807, 2.05) is 0 Å². The van der Waals surface area contributed by atoms with E-state index in [1.165, 1.54) is 45.3 Å². The maximum atomic E-state index is 5.30. The summed E-state index contributed by atoms with van der Waals surface area (Å²) in [6, 6.07) is 0. The van der Waals surface area contributed by atoms with Crippen molar-refractivity contribution in [3.05, 3.63) is 0 Å². The van der Waals surface area contributed by atoms with Crippen LogP contribution in [0.1, 0.15) is 32.6 Å². The van der Waals surface area contributed by atoms with Gasteiger partial charge in [-0.15, -0.1) is 0 Å². The largest absolute Gasteiger partial charge is 0.382 e. The van der Waals surface area contributed by atoms with E-state index in [1.54, 1.807) is 0 Å². The monoisotopic (exact) mass is 171 g/mol. The average Bonchev–Trinajstić information content (AvgIpc) is 2.14. The van der Waals surface area contributed by atoms with Gasteiger partial charge in [0.1, 0.15) is 0 Å². The Bertz CT molecular complexity index is 100. The first kappa shape index (κ1) is 10.0.